The van der Waals surface area contributed by atoms with Crippen molar-refractivity contribution in [2.24, 2.45) is 0 Å². The SMILES string of the molecule is O=[N+]([O-])c1ccccc1S(=O)(=O)Nc1nc(-c2ccc(Br)cc2)cs1. The van der Waals surface area contributed by atoms with Gasteiger partial charge in [-0.2, -0.15) is 0 Å². The van der Waals surface area contributed by atoms with Crippen LogP contribution in [0.4, 0.5) is 10.8 Å². The Morgan fingerprint density at radius 1 is 1.12 bits per heavy atom. The minimum absolute atomic E-state index is 0.135. The van der Waals surface area contributed by atoms with Gasteiger partial charge in [-0.1, -0.05) is 40.2 Å². The van der Waals surface area contributed by atoms with Crippen LogP contribution in [0.5, 0.6) is 0 Å². The molecule has 2 aromatic carbocycles. The number of nitrogens with zero attached hydrogens (tertiary/aromatic N) is 2. The summed E-state index contributed by atoms with van der Waals surface area (Å²) in [5.41, 5.74) is 0.952. The summed E-state index contributed by atoms with van der Waals surface area (Å²) in [6.07, 6.45) is 0. The van der Waals surface area contributed by atoms with E-state index < -0.39 is 25.5 Å². The van der Waals surface area contributed by atoms with Crippen LogP contribution in [0.25, 0.3) is 11.3 Å². The first-order valence-electron chi connectivity index (χ1n) is 6.84. The zero-order valence-electron chi connectivity index (χ0n) is 12.4. The van der Waals surface area contributed by atoms with Gasteiger partial charge in [0.2, 0.25) is 0 Å². The Morgan fingerprint density at radius 2 is 1.80 bits per heavy atom. The second-order valence-electron chi connectivity index (χ2n) is 4.88. The first kappa shape index (κ1) is 17.5. The van der Waals surface area contributed by atoms with Crippen LogP contribution < -0.4 is 4.72 Å². The maximum absolute atomic E-state index is 12.5. The van der Waals surface area contributed by atoms with Gasteiger partial charge in [0, 0.05) is 21.5 Å². The van der Waals surface area contributed by atoms with Crippen molar-refractivity contribution < 1.29 is 13.3 Å². The minimum atomic E-state index is -4.12. The van der Waals surface area contributed by atoms with Crippen molar-refractivity contribution in [3.05, 3.63) is 68.5 Å². The normalized spacial score (nSPS) is 11.2. The van der Waals surface area contributed by atoms with Crippen molar-refractivity contribution in [3.63, 3.8) is 0 Å². The van der Waals surface area contributed by atoms with Crippen LogP contribution in [0.3, 0.4) is 0 Å². The van der Waals surface area contributed by atoms with Gasteiger partial charge in [-0.25, -0.2) is 13.4 Å². The third-order valence-corrected chi connectivity index (χ3v) is 6.02. The number of hydrogen-bond acceptors (Lipinski definition) is 6. The number of hydrogen-bond donors (Lipinski definition) is 1. The lowest BCUT2D eigenvalue weighted by molar-refractivity contribution is -0.387. The highest BCUT2D eigenvalue weighted by Gasteiger charge is 2.26. The van der Waals surface area contributed by atoms with Crippen molar-refractivity contribution in [3.8, 4) is 11.3 Å². The Balaban J connectivity index is 1.90. The van der Waals surface area contributed by atoms with E-state index in [4.69, 9.17) is 0 Å². The number of rotatable bonds is 5. The number of nitro benzene ring substituents is 1. The molecule has 0 amide bonds. The molecule has 0 aliphatic heterocycles. The first-order valence-corrected chi connectivity index (χ1v) is 10.00. The molecule has 3 rings (SSSR count). The molecule has 3 aromatic rings. The fraction of sp³-hybridized carbons (Fsp3) is 0. The van der Waals surface area contributed by atoms with Crippen molar-refractivity contribution in [1.29, 1.82) is 0 Å². The van der Waals surface area contributed by atoms with E-state index in [2.05, 4.69) is 25.6 Å². The number of anilines is 1. The van der Waals surface area contributed by atoms with Gasteiger partial charge in [0.05, 0.1) is 10.6 Å². The molecular formula is C15H10BrN3O4S2. The zero-order chi connectivity index (χ0) is 18.0. The van der Waals surface area contributed by atoms with Gasteiger partial charge in [0.1, 0.15) is 0 Å². The number of nitrogens with one attached hydrogen (secondary N) is 1. The number of nitro groups is 1. The summed E-state index contributed by atoms with van der Waals surface area (Å²) in [6.45, 7) is 0. The maximum Gasteiger partial charge on any atom is 0.289 e. The predicted molar refractivity (Wildman–Crippen MR) is 99.2 cm³/mol. The Bertz CT molecular complexity index is 1030. The van der Waals surface area contributed by atoms with Gasteiger partial charge in [0.25, 0.3) is 15.7 Å². The summed E-state index contributed by atoms with van der Waals surface area (Å²) >= 11 is 4.44. The average Bonchev–Trinajstić information content (AvgIpc) is 3.03. The third kappa shape index (κ3) is 3.86. The molecule has 0 aliphatic rings. The van der Waals surface area contributed by atoms with Crippen LogP contribution >= 0.6 is 27.3 Å². The molecule has 0 fully saturated rings. The Labute approximate surface area is 155 Å². The van der Waals surface area contributed by atoms with Gasteiger partial charge in [-0.3, -0.25) is 14.8 Å². The van der Waals surface area contributed by atoms with Crippen LogP contribution in [0.1, 0.15) is 0 Å². The number of sulfonamides is 1. The minimum Gasteiger partial charge on any atom is -0.258 e. The van der Waals surface area contributed by atoms with Crippen LogP contribution in [-0.2, 0) is 10.0 Å². The van der Waals surface area contributed by atoms with Gasteiger partial charge < -0.3 is 0 Å². The van der Waals surface area contributed by atoms with Crippen LogP contribution in [0.15, 0.2) is 63.3 Å². The Hall–Kier alpha value is -2.30. The van der Waals surface area contributed by atoms with E-state index in [9.17, 15) is 18.5 Å². The topological polar surface area (TPSA) is 102 Å². The first-order chi connectivity index (χ1) is 11.9. The van der Waals surface area contributed by atoms with E-state index in [0.29, 0.717) is 5.69 Å². The van der Waals surface area contributed by atoms with Gasteiger partial charge in [-0.05, 0) is 18.2 Å². The van der Waals surface area contributed by atoms with E-state index in [0.717, 1.165) is 27.4 Å². The van der Waals surface area contributed by atoms with Gasteiger partial charge >= 0.3 is 0 Å². The lowest BCUT2D eigenvalue weighted by Crippen LogP contribution is -2.14. The van der Waals surface area contributed by atoms with E-state index in [1.165, 1.54) is 18.2 Å². The summed E-state index contributed by atoms with van der Waals surface area (Å²) in [6, 6.07) is 12.6. The van der Waals surface area contributed by atoms with E-state index in [1.54, 1.807) is 5.38 Å². The molecule has 0 saturated heterocycles. The highest BCUT2D eigenvalue weighted by atomic mass is 79.9. The molecule has 25 heavy (non-hydrogen) atoms. The van der Waals surface area contributed by atoms with Crippen molar-refractivity contribution in [1.82, 2.24) is 4.98 Å². The largest absolute Gasteiger partial charge is 0.289 e. The molecule has 1 aromatic heterocycles. The molecule has 0 unspecified atom stereocenters. The fourth-order valence-corrected chi connectivity index (χ4v) is 4.49. The molecule has 1 heterocycles. The molecule has 0 atom stereocenters. The monoisotopic (exact) mass is 439 g/mol. The molecule has 0 aliphatic carbocycles. The van der Waals surface area contributed by atoms with E-state index in [-0.39, 0.29) is 5.13 Å². The van der Waals surface area contributed by atoms with Gasteiger partial charge in [0.15, 0.2) is 10.0 Å². The second-order valence-corrected chi connectivity index (χ2v) is 8.30. The summed E-state index contributed by atoms with van der Waals surface area (Å²) in [5, 5.41) is 12.9. The number of thiazole rings is 1. The highest BCUT2D eigenvalue weighted by molar-refractivity contribution is 9.10. The molecule has 1 N–H and O–H groups in total. The molecule has 10 heteroatoms. The number of para-hydroxylation sites is 1. The molecule has 0 bridgehead atoms. The molecule has 128 valence electrons. The van der Waals surface area contributed by atoms with Crippen LogP contribution in [0.2, 0.25) is 0 Å². The molecule has 0 radical (unpaired) electrons. The highest BCUT2D eigenvalue weighted by Crippen LogP contribution is 2.29. The van der Waals surface area contributed by atoms with Gasteiger partial charge in [-0.15, -0.1) is 11.3 Å². The summed E-state index contributed by atoms with van der Waals surface area (Å²) in [5.74, 6) is 0. The maximum atomic E-state index is 12.5. The lowest BCUT2D eigenvalue weighted by Gasteiger charge is -2.05. The molecule has 0 spiro atoms. The van der Waals surface area contributed by atoms with Crippen LogP contribution in [-0.4, -0.2) is 18.3 Å². The smallest absolute Gasteiger partial charge is 0.258 e. The predicted octanol–water partition coefficient (Wildman–Crippen LogP) is 4.28. The standard InChI is InChI=1S/C15H10BrN3O4S2/c16-11-7-5-10(6-8-11)12-9-24-15(17-12)18-25(22,23)14-4-2-1-3-13(14)19(20)21/h1-9H,(H,17,18). The molecule has 7 nitrogen and oxygen atoms in total. The average molecular weight is 440 g/mol. The summed E-state index contributed by atoms with van der Waals surface area (Å²) < 4.78 is 28.1. The van der Waals surface area contributed by atoms with Crippen molar-refractivity contribution in [2.75, 3.05) is 4.72 Å². The van der Waals surface area contributed by atoms with Crippen LogP contribution in [0, 0.1) is 10.1 Å². The van der Waals surface area contributed by atoms with E-state index in [1.807, 2.05) is 24.3 Å². The van der Waals surface area contributed by atoms with Crippen molar-refractivity contribution >= 4 is 48.1 Å². The Kier molecular flexibility index (Phi) is 4.84. The third-order valence-electron chi connectivity index (χ3n) is 3.22. The Morgan fingerprint density at radius 3 is 2.48 bits per heavy atom. The zero-order valence-corrected chi connectivity index (χ0v) is 15.6. The summed E-state index contributed by atoms with van der Waals surface area (Å²) in [4.78, 5) is 14.1. The second kappa shape index (κ2) is 6.90. The summed E-state index contributed by atoms with van der Waals surface area (Å²) in [7, 11) is -4.12. The molecular weight excluding hydrogens is 430 g/mol. The fourth-order valence-electron chi connectivity index (χ4n) is 2.08. The van der Waals surface area contributed by atoms with E-state index >= 15 is 0 Å². The van der Waals surface area contributed by atoms with Crippen molar-refractivity contribution in [2.45, 2.75) is 4.90 Å². The number of aromatic nitrogens is 1. The quantitative estimate of drug-likeness (QED) is 0.471. The lowest BCUT2D eigenvalue weighted by atomic mass is 10.2. The number of halogens is 1. The molecule has 0 saturated carbocycles. The number of benzene rings is 2.